The maximum atomic E-state index is 5.74. The van der Waals surface area contributed by atoms with Crippen LogP contribution in [-0.4, -0.2) is 60.3 Å². The number of aromatic nitrogens is 1. The Morgan fingerprint density at radius 2 is 2.10 bits per heavy atom. The van der Waals surface area contributed by atoms with E-state index in [9.17, 15) is 0 Å². The average Bonchev–Trinajstić information content (AvgIpc) is 2.83. The Hall–Kier alpha value is -1.24. The van der Waals surface area contributed by atoms with Gasteiger partial charge in [-0.3, -0.25) is 4.90 Å². The molecule has 0 saturated carbocycles. The number of nitrogens with zero attached hydrogens (tertiary/aromatic N) is 3. The smallest absolute Gasteiger partial charge is 0.256 e. The summed E-state index contributed by atoms with van der Waals surface area (Å²) in [7, 11) is 2.18. The first kappa shape index (κ1) is 13.7. The van der Waals surface area contributed by atoms with Crippen LogP contribution in [0, 0.1) is 0 Å². The number of oxazole rings is 1. The van der Waals surface area contributed by atoms with Crippen molar-refractivity contribution in [3.8, 4) is 0 Å². The molecule has 1 aromatic heterocycles. The van der Waals surface area contributed by atoms with Crippen molar-refractivity contribution in [3.05, 3.63) is 18.2 Å². The lowest BCUT2D eigenvalue weighted by Crippen LogP contribution is -2.45. The summed E-state index contributed by atoms with van der Waals surface area (Å²) in [5.74, 6) is 1.01. The minimum atomic E-state index is 0.722. The molecule has 1 fully saturated rings. The third-order valence-corrected chi connectivity index (χ3v) is 4.43. The van der Waals surface area contributed by atoms with Crippen molar-refractivity contribution in [2.45, 2.75) is 5.22 Å². The summed E-state index contributed by atoms with van der Waals surface area (Å²) in [6, 6.07) is 5.57. The zero-order valence-corrected chi connectivity index (χ0v) is 12.5. The molecular weight excluding hydrogens is 272 g/mol. The monoisotopic (exact) mass is 292 g/mol. The predicted molar refractivity (Wildman–Crippen MR) is 83.1 cm³/mol. The summed E-state index contributed by atoms with van der Waals surface area (Å²) in [5, 5.41) is 0.736. The highest BCUT2D eigenvalue weighted by atomic mass is 32.2. The number of benzene rings is 1. The average molecular weight is 292 g/mol. The highest BCUT2D eigenvalue weighted by Crippen LogP contribution is 2.24. The Morgan fingerprint density at radius 3 is 2.90 bits per heavy atom. The first-order valence-electron chi connectivity index (χ1n) is 6.90. The van der Waals surface area contributed by atoms with E-state index >= 15 is 0 Å². The summed E-state index contributed by atoms with van der Waals surface area (Å²) in [6.45, 7) is 5.71. The minimum Gasteiger partial charge on any atom is -0.431 e. The summed E-state index contributed by atoms with van der Waals surface area (Å²) in [4.78, 5) is 9.32. The largest absolute Gasteiger partial charge is 0.431 e. The van der Waals surface area contributed by atoms with Crippen LogP contribution in [0.25, 0.3) is 11.1 Å². The summed E-state index contributed by atoms with van der Waals surface area (Å²) in [6.07, 6.45) is 0. The molecule has 0 unspecified atom stereocenters. The minimum absolute atomic E-state index is 0.722. The molecule has 2 aromatic rings. The third kappa shape index (κ3) is 3.26. The number of piperazine rings is 1. The highest BCUT2D eigenvalue weighted by Gasteiger charge is 2.14. The van der Waals surface area contributed by atoms with Crippen LogP contribution in [0.3, 0.4) is 0 Å². The number of anilines is 1. The van der Waals surface area contributed by atoms with Gasteiger partial charge in [-0.1, -0.05) is 11.8 Å². The Labute approximate surface area is 123 Å². The molecule has 0 amide bonds. The van der Waals surface area contributed by atoms with Crippen molar-refractivity contribution >= 4 is 28.5 Å². The lowest BCUT2D eigenvalue weighted by atomic mass is 10.3. The van der Waals surface area contributed by atoms with Crippen molar-refractivity contribution in [1.29, 1.82) is 0 Å². The van der Waals surface area contributed by atoms with Gasteiger partial charge in [0.15, 0.2) is 5.58 Å². The van der Waals surface area contributed by atoms with Crippen LogP contribution in [0.2, 0.25) is 0 Å². The van der Waals surface area contributed by atoms with Crippen molar-refractivity contribution < 1.29 is 4.42 Å². The van der Waals surface area contributed by atoms with Crippen LogP contribution in [0.5, 0.6) is 0 Å². The van der Waals surface area contributed by atoms with Crippen LogP contribution >= 0.6 is 11.8 Å². The van der Waals surface area contributed by atoms with Gasteiger partial charge in [-0.15, -0.1) is 0 Å². The maximum Gasteiger partial charge on any atom is 0.256 e. The molecule has 3 rings (SSSR count). The second-order valence-corrected chi connectivity index (χ2v) is 6.25. The van der Waals surface area contributed by atoms with E-state index in [1.54, 1.807) is 11.8 Å². The molecule has 2 N–H and O–H groups in total. The van der Waals surface area contributed by atoms with Crippen molar-refractivity contribution in [2.24, 2.45) is 0 Å². The van der Waals surface area contributed by atoms with Crippen LogP contribution in [0.4, 0.5) is 5.69 Å². The van der Waals surface area contributed by atoms with E-state index in [1.165, 1.54) is 0 Å². The van der Waals surface area contributed by atoms with Gasteiger partial charge in [-0.05, 0) is 25.2 Å². The van der Waals surface area contributed by atoms with E-state index in [2.05, 4.69) is 21.8 Å². The van der Waals surface area contributed by atoms with Gasteiger partial charge in [0.05, 0.1) is 0 Å². The van der Waals surface area contributed by atoms with Crippen LogP contribution in [0.1, 0.15) is 0 Å². The number of hydrogen-bond donors (Lipinski definition) is 1. The molecule has 0 spiro atoms. The number of nitrogens with two attached hydrogens (primary N) is 1. The summed E-state index contributed by atoms with van der Waals surface area (Å²) >= 11 is 1.67. The van der Waals surface area contributed by atoms with Gasteiger partial charge < -0.3 is 15.1 Å². The van der Waals surface area contributed by atoms with E-state index in [0.717, 1.165) is 60.5 Å². The zero-order valence-electron chi connectivity index (χ0n) is 11.7. The second kappa shape index (κ2) is 6.03. The Kier molecular flexibility index (Phi) is 4.14. The van der Waals surface area contributed by atoms with Gasteiger partial charge in [0, 0.05) is 44.2 Å². The fourth-order valence-corrected chi connectivity index (χ4v) is 3.15. The molecule has 2 heterocycles. The van der Waals surface area contributed by atoms with Gasteiger partial charge in [0.2, 0.25) is 0 Å². The molecule has 1 aliphatic heterocycles. The van der Waals surface area contributed by atoms with Crippen molar-refractivity contribution in [2.75, 3.05) is 51.3 Å². The molecule has 1 saturated heterocycles. The van der Waals surface area contributed by atoms with Crippen LogP contribution in [-0.2, 0) is 0 Å². The molecule has 0 bridgehead atoms. The number of hydrogen-bond acceptors (Lipinski definition) is 6. The fraction of sp³-hybridized carbons (Fsp3) is 0.500. The van der Waals surface area contributed by atoms with E-state index in [1.807, 2.05) is 18.2 Å². The molecule has 0 atom stereocenters. The van der Waals surface area contributed by atoms with E-state index in [0.29, 0.717) is 0 Å². The first-order valence-corrected chi connectivity index (χ1v) is 7.89. The van der Waals surface area contributed by atoms with Crippen molar-refractivity contribution in [3.63, 3.8) is 0 Å². The molecule has 108 valence electrons. The van der Waals surface area contributed by atoms with Gasteiger partial charge in [0.1, 0.15) is 5.52 Å². The number of rotatable bonds is 4. The summed E-state index contributed by atoms with van der Waals surface area (Å²) in [5.41, 5.74) is 8.11. The Morgan fingerprint density at radius 1 is 1.30 bits per heavy atom. The molecule has 1 aromatic carbocycles. The third-order valence-electron chi connectivity index (χ3n) is 3.62. The Balaban J connectivity index is 1.52. The normalized spacial score (nSPS) is 17.9. The topological polar surface area (TPSA) is 58.5 Å². The molecule has 1 aliphatic rings. The quantitative estimate of drug-likeness (QED) is 0.684. The lowest BCUT2D eigenvalue weighted by molar-refractivity contribution is 0.161. The van der Waals surface area contributed by atoms with E-state index in [4.69, 9.17) is 10.2 Å². The van der Waals surface area contributed by atoms with Crippen LogP contribution in [0.15, 0.2) is 27.8 Å². The fourth-order valence-electron chi connectivity index (χ4n) is 2.32. The lowest BCUT2D eigenvalue weighted by Gasteiger charge is -2.32. The highest BCUT2D eigenvalue weighted by molar-refractivity contribution is 7.99. The Bertz CT molecular complexity index is 578. The maximum absolute atomic E-state index is 5.74. The molecule has 0 radical (unpaired) electrons. The molecule has 20 heavy (non-hydrogen) atoms. The summed E-state index contributed by atoms with van der Waals surface area (Å²) < 4.78 is 5.70. The van der Waals surface area contributed by atoms with E-state index < -0.39 is 0 Å². The number of likely N-dealkylation sites (N-methyl/N-ethyl adjacent to an activating group) is 1. The van der Waals surface area contributed by atoms with Gasteiger partial charge in [-0.2, -0.15) is 0 Å². The number of nitrogen functional groups attached to an aromatic ring is 1. The predicted octanol–water partition coefficient (Wildman–Crippen LogP) is 1.75. The molecule has 0 aliphatic carbocycles. The van der Waals surface area contributed by atoms with Gasteiger partial charge in [0.25, 0.3) is 5.22 Å². The van der Waals surface area contributed by atoms with Crippen molar-refractivity contribution in [1.82, 2.24) is 14.8 Å². The zero-order chi connectivity index (χ0) is 13.9. The molecular formula is C14H20N4OS. The van der Waals surface area contributed by atoms with Gasteiger partial charge in [-0.25, -0.2) is 4.98 Å². The SMILES string of the molecule is CN1CCN(CCSc2nc3cc(N)ccc3o2)CC1. The van der Waals surface area contributed by atoms with Gasteiger partial charge >= 0.3 is 0 Å². The van der Waals surface area contributed by atoms with E-state index in [-0.39, 0.29) is 0 Å². The first-order chi connectivity index (χ1) is 9.70. The standard InChI is InChI=1S/C14H20N4OS/c1-17-4-6-18(7-5-17)8-9-20-14-16-12-10-11(15)2-3-13(12)19-14/h2-3,10H,4-9,15H2,1H3. The second-order valence-electron chi connectivity index (χ2n) is 5.20. The molecule has 6 heteroatoms. The van der Waals surface area contributed by atoms with Crippen LogP contribution < -0.4 is 5.73 Å². The number of fused-ring (bicyclic) bond motifs is 1. The number of thioether (sulfide) groups is 1. The molecule has 5 nitrogen and oxygen atoms in total.